The van der Waals surface area contributed by atoms with Crippen molar-refractivity contribution < 1.29 is 28.3 Å². The molecule has 0 saturated carbocycles. The molecular formula is C20H20FNO5S. The summed E-state index contributed by atoms with van der Waals surface area (Å²) in [5.41, 5.74) is 1.01. The van der Waals surface area contributed by atoms with Gasteiger partial charge in [-0.3, -0.25) is 19.2 Å². The van der Waals surface area contributed by atoms with E-state index in [1.54, 1.807) is 6.92 Å². The number of carbonyl (C=O) groups excluding carboxylic acids is 4. The van der Waals surface area contributed by atoms with Crippen LogP contribution in [0.15, 0.2) is 29.3 Å². The third kappa shape index (κ3) is 4.01. The second kappa shape index (κ2) is 8.68. The first-order chi connectivity index (χ1) is 13.4. The maximum Gasteiger partial charge on any atom is 0.306 e. The third-order valence-corrected chi connectivity index (χ3v) is 5.55. The van der Waals surface area contributed by atoms with Gasteiger partial charge in [-0.05, 0) is 50.8 Å². The molecule has 0 bridgehead atoms. The minimum Gasteiger partial charge on any atom is -0.466 e. The molecule has 0 N–H and O–H groups in total. The van der Waals surface area contributed by atoms with Crippen molar-refractivity contribution >= 4 is 40.3 Å². The number of nitrogens with zero attached hydrogens (tertiary/aromatic N) is 1. The summed E-state index contributed by atoms with van der Waals surface area (Å²) in [6.45, 7) is 1.94. The highest BCUT2D eigenvalue weighted by molar-refractivity contribution is 8.14. The van der Waals surface area contributed by atoms with Crippen LogP contribution in [-0.2, 0) is 19.1 Å². The van der Waals surface area contributed by atoms with E-state index >= 15 is 0 Å². The maximum absolute atomic E-state index is 14.2. The molecule has 0 aromatic heterocycles. The molecule has 0 radical (unpaired) electrons. The van der Waals surface area contributed by atoms with Crippen LogP contribution in [0.3, 0.4) is 0 Å². The van der Waals surface area contributed by atoms with Crippen molar-refractivity contribution in [2.45, 2.75) is 39.0 Å². The third-order valence-electron chi connectivity index (χ3n) is 4.66. The fourth-order valence-electron chi connectivity index (χ4n) is 3.32. The number of esters is 1. The lowest BCUT2D eigenvalue weighted by Crippen LogP contribution is -2.31. The van der Waals surface area contributed by atoms with Gasteiger partial charge in [-0.2, -0.15) is 0 Å². The van der Waals surface area contributed by atoms with Crippen molar-refractivity contribution in [3.05, 3.63) is 40.7 Å². The van der Waals surface area contributed by atoms with Crippen LogP contribution in [0.2, 0.25) is 0 Å². The molecule has 0 fully saturated rings. The molecule has 0 atom stereocenters. The number of hydrogen-bond donors (Lipinski definition) is 0. The van der Waals surface area contributed by atoms with E-state index in [0.717, 1.165) is 35.6 Å². The van der Waals surface area contributed by atoms with Crippen molar-refractivity contribution in [1.82, 2.24) is 0 Å². The molecule has 8 heteroatoms. The fraction of sp³-hybridized carbons (Fsp3) is 0.400. The zero-order chi connectivity index (χ0) is 20.3. The first-order valence-electron chi connectivity index (χ1n) is 9.17. The lowest BCUT2D eigenvalue weighted by molar-refractivity contribution is -0.142. The van der Waals surface area contributed by atoms with Gasteiger partial charge >= 0.3 is 5.97 Å². The van der Waals surface area contributed by atoms with Crippen LogP contribution in [0.1, 0.15) is 49.4 Å². The molecule has 1 aliphatic heterocycles. The van der Waals surface area contributed by atoms with Gasteiger partial charge in [-0.25, -0.2) is 9.29 Å². The first kappa shape index (κ1) is 20.3. The predicted molar refractivity (Wildman–Crippen MR) is 102 cm³/mol. The molecule has 0 unspecified atom stereocenters. The SMILES string of the molecule is CCOC(=O)CCSC(=O)c1cc(N2C(=O)C3=C(CCCC3)C2=O)ccc1F. The van der Waals surface area contributed by atoms with E-state index in [1.807, 2.05) is 0 Å². The molecule has 1 aromatic rings. The average molecular weight is 405 g/mol. The first-order valence-corrected chi connectivity index (χ1v) is 10.2. The molecule has 28 heavy (non-hydrogen) atoms. The van der Waals surface area contributed by atoms with Crippen LogP contribution in [0.25, 0.3) is 0 Å². The lowest BCUT2D eigenvalue weighted by Gasteiger charge is -2.16. The number of thioether (sulfide) groups is 1. The molecule has 0 saturated heterocycles. The van der Waals surface area contributed by atoms with Gasteiger partial charge < -0.3 is 4.74 Å². The van der Waals surface area contributed by atoms with Gasteiger partial charge in [-0.15, -0.1) is 0 Å². The van der Waals surface area contributed by atoms with Crippen molar-refractivity contribution in [1.29, 1.82) is 0 Å². The quantitative estimate of drug-likeness (QED) is 0.533. The highest BCUT2D eigenvalue weighted by atomic mass is 32.2. The number of carbonyl (C=O) groups is 4. The number of rotatable bonds is 6. The Bertz CT molecular complexity index is 851. The van der Waals surface area contributed by atoms with Crippen LogP contribution < -0.4 is 4.90 Å². The lowest BCUT2D eigenvalue weighted by atomic mass is 9.93. The van der Waals surface area contributed by atoms with E-state index in [-0.39, 0.29) is 41.8 Å². The van der Waals surface area contributed by atoms with Crippen molar-refractivity contribution in [3.63, 3.8) is 0 Å². The van der Waals surface area contributed by atoms with Crippen molar-refractivity contribution in [2.24, 2.45) is 0 Å². The summed E-state index contributed by atoms with van der Waals surface area (Å²) < 4.78 is 19.0. The van der Waals surface area contributed by atoms with Crippen LogP contribution in [0.4, 0.5) is 10.1 Å². The van der Waals surface area contributed by atoms with E-state index in [1.165, 1.54) is 12.1 Å². The fourth-order valence-corrected chi connectivity index (χ4v) is 4.09. The van der Waals surface area contributed by atoms with E-state index in [4.69, 9.17) is 4.74 Å². The second-order valence-electron chi connectivity index (χ2n) is 6.47. The van der Waals surface area contributed by atoms with Gasteiger partial charge in [0.2, 0.25) is 5.12 Å². The Morgan fingerprint density at radius 2 is 1.79 bits per heavy atom. The highest BCUT2D eigenvalue weighted by Crippen LogP contribution is 2.36. The molecule has 3 rings (SSSR count). The number of halogens is 1. The summed E-state index contributed by atoms with van der Waals surface area (Å²) in [7, 11) is 0. The summed E-state index contributed by atoms with van der Waals surface area (Å²) >= 11 is 0.792. The van der Waals surface area contributed by atoms with Crippen molar-refractivity contribution in [2.75, 3.05) is 17.3 Å². The molecular weight excluding hydrogens is 385 g/mol. The summed E-state index contributed by atoms with van der Waals surface area (Å²) in [5.74, 6) is -1.80. The zero-order valence-corrected chi connectivity index (χ0v) is 16.3. The van der Waals surface area contributed by atoms with E-state index < -0.39 is 16.9 Å². The van der Waals surface area contributed by atoms with Gasteiger partial charge in [-0.1, -0.05) is 11.8 Å². The Morgan fingerprint density at radius 1 is 1.14 bits per heavy atom. The average Bonchev–Trinajstić information content (AvgIpc) is 2.93. The summed E-state index contributed by atoms with van der Waals surface area (Å²) in [6, 6.07) is 3.62. The van der Waals surface area contributed by atoms with E-state index in [2.05, 4.69) is 0 Å². The van der Waals surface area contributed by atoms with Gasteiger partial charge in [0.25, 0.3) is 11.8 Å². The minimum atomic E-state index is -0.741. The minimum absolute atomic E-state index is 0.0330. The van der Waals surface area contributed by atoms with E-state index in [0.29, 0.717) is 24.0 Å². The second-order valence-corrected chi connectivity index (χ2v) is 7.53. The van der Waals surface area contributed by atoms with Gasteiger partial charge in [0.05, 0.1) is 24.3 Å². The summed E-state index contributed by atoms with van der Waals surface area (Å²) in [4.78, 5) is 50.0. The Kier molecular flexibility index (Phi) is 6.28. The number of anilines is 1. The Hall–Kier alpha value is -2.48. The summed E-state index contributed by atoms with van der Waals surface area (Å²) in [6.07, 6.45) is 2.87. The molecule has 0 spiro atoms. The molecule has 2 amide bonds. The van der Waals surface area contributed by atoms with Gasteiger partial charge in [0, 0.05) is 16.9 Å². The monoisotopic (exact) mass is 405 g/mol. The number of amides is 2. The molecule has 1 heterocycles. The topological polar surface area (TPSA) is 80.8 Å². The number of benzene rings is 1. The highest BCUT2D eigenvalue weighted by Gasteiger charge is 2.40. The smallest absolute Gasteiger partial charge is 0.306 e. The van der Waals surface area contributed by atoms with Crippen LogP contribution in [0, 0.1) is 5.82 Å². The molecule has 1 aliphatic carbocycles. The number of ether oxygens (including phenoxy) is 1. The van der Waals surface area contributed by atoms with Crippen LogP contribution in [0.5, 0.6) is 0 Å². The molecule has 148 valence electrons. The summed E-state index contributed by atoms with van der Waals surface area (Å²) in [5, 5.41) is -0.569. The number of hydrogen-bond acceptors (Lipinski definition) is 6. The normalized spacial score (nSPS) is 16.4. The molecule has 1 aromatic carbocycles. The van der Waals surface area contributed by atoms with Gasteiger partial charge in [0.15, 0.2) is 0 Å². The molecule has 2 aliphatic rings. The van der Waals surface area contributed by atoms with E-state index in [9.17, 15) is 23.6 Å². The predicted octanol–water partition coefficient (Wildman–Crippen LogP) is 3.40. The van der Waals surface area contributed by atoms with Crippen molar-refractivity contribution in [3.8, 4) is 0 Å². The molecule has 6 nitrogen and oxygen atoms in total. The largest absolute Gasteiger partial charge is 0.466 e. The Balaban J connectivity index is 1.75. The van der Waals surface area contributed by atoms with Crippen LogP contribution >= 0.6 is 11.8 Å². The number of imide groups is 1. The standard InChI is InChI=1S/C20H20FNO5S/c1-2-27-17(23)9-10-28-20(26)15-11-12(7-8-16(15)21)22-18(24)13-5-3-4-6-14(13)19(22)25/h7-8,11H,2-6,9-10H2,1H3. The Labute approximate surface area is 166 Å². The van der Waals surface area contributed by atoms with Gasteiger partial charge in [0.1, 0.15) is 5.82 Å². The maximum atomic E-state index is 14.2. The zero-order valence-electron chi connectivity index (χ0n) is 15.5. The van der Waals surface area contributed by atoms with Crippen LogP contribution in [-0.4, -0.2) is 35.3 Å². The Morgan fingerprint density at radius 3 is 2.39 bits per heavy atom.